The minimum atomic E-state index is -0.157. The molecule has 4 rings (SSSR count). The summed E-state index contributed by atoms with van der Waals surface area (Å²) in [6.45, 7) is 4.52. The van der Waals surface area contributed by atoms with Crippen molar-refractivity contribution in [2.45, 2.75) is 52.2 Å². The maximum absolute atomic E-state index is 12.7. The highest BCUT2D eigenvalue weighted by atomic mass is 35.5. The number of benzene rings is 1. The Morgan fingerprint density at radius 2 is 1.83 bits per heavy atom. The van der Waals surface area contributed by atoms with Crippen LogP contribution in [0.4, 0.5) is 0 Å². The Morgan fingerprint density at radius 3 is 2.45 bits per heavy atom. The van der Waals surface area contributed by atoms with Crippen LogP contribution in [0.1, 0.15) is 45.1 Å². The molecule has 158 valence electrons. The number of amides is 3. The molecule has 29 heavy (non-hydrogen) atoms. The first kappa shape index (κ1) is 21.6. The highest BCUT2D eigenvalue weighted by Crippen LogP contribution is 2.56. The van der Waals surface area contributed by atoms with Gasteiger partial charge in [-0.3, -0.25) is 19.3 Å². The summed E-state index contributed by atoms with van der Waals surface area (Å²) in [6.07, 6.45) is 3.40. The second-order valence-corrected chi connectivity index (χ2v) is 8.55. The first-order valence-corrected chi connectivity index (χ1v) is 10.3. The Labute approximate surface area is 177 Å². The summed E-state index contributed by atoms with van der Waals surface area (Å²) in [7, 11) is 0. The van der Waals surface area contributed by atoms with Gasteiger partial charge in [-0.1, -0.05) is 12.1 Å². The Kier molecular flexibility index (Phi) is 6.52. The van der Waals surface area contributed by atoms with E-state index in [9.17, 15) is 14.4 Å². The van der Waals surface area contributed by atoms with Gasteiger partial charge in [0.2, 0.25) is 17.7 Å². The van der Waals surface area contributed by atoms with Gasteiger partial charge in [-0.2, -0.15) is 0 Å². The maximum atomic E-state index is 12.7. The van der Waals surface area contributed by atoms with E-state index in [0.29, 0.717) is 18.4 Å². The number of rotatable bonds is 7. The van der Waals surface area contributed by atoms with Crippen LogP contribution in [0.25, 0.3) is 0 Å². The van der Waals surface area contributed by atoms with Gasteiger partial charge in [-0.25, -0.2) is 0 Å². The summed E-state index contributed by atoms with van der Waals surface area (Å²) in [6, 6.07) is 7.62. The van der Waals surface area contributed by atoms with Crippen molar-refractivity contribution in [3.05, 3.63) is 29.8 Å². The van der Waals surface area contributed by atoms with Gasteiger partial charge in [0.25, 0.3) is 0 Å². The Hall–Kier alpha value is -2.08. The number of halogens is 1. The van der Waals surface area contributed by atoms with E-state index < -0.39 is 0 Å². The molecule has 1 aliphatic heterocycles. The number of hydrogen-bond donors (Lipinski definition) is 1. The summed E-state index contributed by atoms with van der Waals surface area (Å²) in [5, 5.41) is 2.87. The van der Waals surface area contributed by atoms with Crippen LogP contribution < -0.4 is 10.1 Å². The lowest BCUT2D eigenvalue weighted by Gasteiger charge is -2.19. The van der Waals surface area contributed by atoms with Gasteiger partial charge in [-0.05, 0) is 62.6 Å². The molecular formula is C22H29ClN2O4. The number of nitrogens with zero attached hydrogens (tertiary/aromatic N) is 1. The molecule has 0 spiro atoms. The van der Waals surface area contributed by atoms with E-state index in [0.717, 1.165) is 30.6 Å². The van der Waals surface area contributed by atoms with E-state index in [1.54, 1.807) is 0 Å². The van der Waals surface area contributed by atoms with Gasteiger partial charge in [0.1, 0.15) is 5.75 Å². The van der Waals surface area contributed by atoms with Gasteiger partial charge in [0, 0.05) is 19.5 Å². The summed E-state index contributed by atoms with van der Waals surface area (Å²) < 4.78 is 5.66. The number of hydrogen-bond acceptors (Lipinski definition) is 4. The van der Waals surface area contributed by atoms with Gasteiger partial charge in [0.05, 0.1) is 17.9 Å². The molecule has 0 radical (unpaired) electrons. The van der Waals surface area contributed by atoms with Crippen molar-refractivity contribution in [3.8, 4) is 5.75 Å². The molecule has 1 heterocycles. The Morgan fingerprint density at radius 1 is 1.17 bits per heavy atom. The van der Waals surface area contributed by atoms with E-state index in [-0.39, 0.29) is 61.0 Å². The van der Waals surface area contributed by atoms with E-state index in [2.05, 4.69) is 5.32 Å². The molecule has 2 bridgehead atoms. The van der Waals surface area contributed by atoms with Crippen molar-refractivity contribution in [2.24, 2.45) is 23.7 Å². The third-order valence-corrected chi connectivity index (χ3v) is 6.34. The third-order valence-electron chi connectivity index (χ3n) is 6.34. The summed E-state index contributed by atoms with van der Waals surface area (Å²) >= 11 is 0. The largest absolute Gasteiger partial charge is 0.491 e. The van der Waals surface area contributed by atoms with Crippen LogP contribution in [0.3, 0.4) is 0 Å². The molecule has 1 N–H and O–H groups in total. The van der Waals surface area contributed by atoms with Crippen LogP contribution in [-0.4, -0.2) is 35.3 Å². The normalized spacial score (nSPS) is 27.2. The van der Waals surface area contributed by atoms with Crippen LogP contribution in [0.15, 0.2) is 24.3 Å². The minimum Gasteiger partial charge on any atom is -0.491 e. The van der Waals surface area contributed by atoms with Crippen LogP contribution >= 0.6 is 12.4 Å². The molecule has 1 saturated heterocycles. The third kappa shape index (κ3) is 4.27. The van der Waals surface area contributed by atoms with Crippen molar-refractivity contribution < 1.29 is 19.1 Å². The average molecular weight is 421 g/mol. The number of imide groups is 1. The summed E-state index contributed by atoms with van der Waals surface area (Å²) in [5.41, 5.74) is 0.950. The smallest absolute Gasteiger partial charge is 0.233 e. The fourth-order valence-corrected chi connectivity index (χ4v) is 5.19. The molecule has 4 unspecified atom stereocenters. The molecule has 3 aliphatic rings. The lowest BCUT2D eigenvalue weighted by Crippen LogP contribution is -2.36. The zero-order chi connectivity index (χ0) is 19.8. The second-order valence-electron chi connectivity index (χ2n) is 8.55. The quantitative estimate of drug-likeness (QED) is 0.688. The highest BCUT2D eigenvalue weighted by molar-refractivity contribution is 6.06. The van der Waals surface area contributed by atoms with Crippen molar-refractivity contribution in [1.29, 1.82) is 0 Å². The van der Waals surface area contributed by atoms with Gasteiger partial charge in [0.15, 0.2) is 0 Å². The van der Waals surface area contributed by atoms with Crippen LogP contribution in [-0.2, 0) is 20.9 Å². The molecule has 2 saturated carbocycles. The van der Waals surface area contributed by atoms with E-state index in [1.807, 2.05) is 38.1 Å². The second kappa shape index (κ2) is 8.74. The van der Waals surface area contributed by atoms with Crippen molar-refractivity contribution in [3.63, 3.8) is 0 Å². The molecule has 4 atom stereocenters. The van der Waals surface area contributed by atoms with Gasteiger partial charge in [-0.15, -0.1) is 12.4 Å². The summed E-state index contributed by atoms with van der Waals surface area (Å²) in [4.78, 5) is 38.9. The predicted molar refractivity (Wildman–Crippen MR) is 110 cm³/mol. The topological polar surface area (TPSA) is 75.7 Å². The molecule has 3 fully saturated rings. The Bertz CT molecular complexity index is 769. The molecule has 2 aliphatic carbocycles. The SMILES string of the molecule is CC(C)Oc1cccc(CNC(=O)CCN2C(=O)C3C4CCC(C4)C3C2=O)c1.Cl. The first-order chi connectivity index (χ1) is 13.4. The Balaban J connectivity index is 0.00000240. The van der Waals surface area contributed by atoms with E-state index in [4.69, 9.17) is 4.74 Å². The number of fused-ring (bicyclic) bond motifs is 5. The molecule has 3 amide bonds. The number of ether oxygens (including phenoxy) is 1. The van der Waals surface area contributed by atoms with Gasteiger partial charge >= 0.3 is 0 Å². The fourth-order valence-electron chi connectivity index (χ4n) is 5.19. The standard InChI is InChI=1S/C22H28N2O4.ClH/c1-13(2)28-17-5-3-4-14(10-17)12-23-18(25)8-9-24-21(26)19-15-6-7-16(11-15)20(19)22(24)27;/h3-5,10,13,15-16,19-20H,6-9,11-12H2,1-2H3,(H,23,25);1H. The van der Waals surface area contributed by atoms with E-state index >= 15 is 0 Å². The van der Waals surface area contributed by atoms with Crippen molar-refractivity contribution in [2.75, 3.05) is 6.54 Å². The fraction of sp³-hybridized carbons (Fsp3) is 0.591. The number of carbonyl (C=O) groups is 3. The first-order valence-electron chi connectivity index (χ1n) is 10.3. The zero-order valence-electron chi connectivity index (χ0n) is 16.9. The molecule has 1 aromatic rings. The number of nitrogens with one attached hydrogen (secondary N) is 1. The highest BCUT2D eigenvalue weighted by Gasteiger charge is 2.60. The van der Waals surface area contributed by atoms with Crippen LogP contribution in [0, 0.1) is 23.7 Å². The van der Waals surface area contributed by atoms with Crippen LogP contribution in [0.5, 0.6) is 5.75 Å². The molecule has 0 aromatic heterocycles. The van der Waals surface area contributed by atoms with E-state index in [1.165, 1.54) is 4.90 Å². The van der Waals surface area contributed by atoms with Gasteiger partial charge < -0.3 is 10.1 Å². The molecule has 6 nitrogen and oxygen atoms in total. The van der Waals surface area contributed by atoms with Crippen molar-refractivity contribution >= 4 is 30.1 Å². The average Bonchev–Trinajstić information content (AvgIpc) is 3.33. The summed E-state index contributed by atoms with van der Waals surface area (Å²) in [5.74, 6) is 1.06. The number of carbonyl (C=O) groups excluding carboxylic acids is 3. The zero-order valence-corrected chi connectivity index (χ0v) is 17.7. The number of likely N-dealkylation sites (tertiary alicyclic amines) is 1. The maximum Gasteiger partial charge on any atom is 0.233 e. The molecular weight excluding hydrogens is 392 g/mol. The van der Waals surface area contributed by atoms with Crippen LogP contribution in [0.2, 0.25) is 0 Å². The predicted octanol–water partition coefficient (Wildman–Crippen LogP) is 2.93. The lowest BCUT2D eigenvalue weighted by atomic mass is 9.81. The minimum absolute atomic E-state index is 0. The molecule has 1 aromatic carbocycles. The molecule has 7 heteroatoms. The van der Waals surface area contributed by atoms with Crippen molar-refractivity contribution in [1.82, 2.24) is 10.2 Å². The lowest BCUT2D eigenvalue weighted by molar-refractivity contribution is -0.141. The monoisotopic (exact) mass is 420 g/mol.